The highest BCUT2D eigenvalue weighted by atomic mass is 32.1. The first-order valence-corrected chi connectivity index (χ1v) is 6.65. The molecular weight excluding hydrogens is 230 g/mol. The molecule has 0 aromatic heterocycles. The Hall–Kier alpha value is -1.09. The van der Waals surface area contributed by atoms with Crippen LogP contribution in [-0.2, 0) is 0 Å². The van der Waals surface area contributed by atoms with Crippen LogP contribution in [0.3, 0.4) is 0 Å². The van der Waals surface area contributed by atoms with Gasteiger partial charge in [-0.1, -0.05) is 18.6 Å². The van der Waals surface area contributed by atoms with Crippen molar-refractivity contribution in [1.29, 1.82) is 0 Å². The summed E-state index contributed by atoms with van der Waals surface area (Å²) in [7, 11) is 0. The van der Waals surface area contributed by atoms with Gasteiger partial charge in [-0.05, 0) is 56.4 Å². The zero-order valence-electron chi connectivity index (χ0n) is 10.2. The summed E-state index contributed by atoms with van der Waals surface area (Å²) in [5.74, 6) is 0.939. The summed E-state index contributed by atoms with van der Waals surface area (Å²) in [4.78, 5) is 0.451. The monoisotopic (exact) mass is 249 g/mol. The summed E-state index contributed by atoms with van der Waals surface area (Å²) in [5.41, 5.74) is 7.67. The Morgan fingerprint density at radius 2 is 2.00 bits per heavy atom. The Balaban J connectivity index is 2.06. The Kier molecular flexibility index (Phi) is 4.00. The molecule has 1 aliphatic rings. The maximum absolute atomic E-state index is 5.99. The molecule has 2 N–H and O–H groups in total. The van der Waals surface area contributed by atoms with Crippen molar-refractivity contribution in [2.75, 3.05) is 0 Å². The van der Waals surface area contributed by atoms with E-state index in [1.165, 1.54) is 32.1 Å². The number of hydrogen-bond donors (Lipinski definition) is 1. The van der Waals surface area contributed by atoms with Gasteiger partial charge in [-0.2, -0.15) is 0 Å². The highest BCUT2D eigenvalue weighted by Crippen LogP contribution is 2.24. The maximum atomic E-state index is 5.99. The van der Waals surface area contributed by atoms with Crippen LogP contribution in [0.2, 0.25) is 0 Å². The smallest absolute Gasteiger partial charge is 0.120 e. The molecule has 0 heterocycles. The van der Waals surface area contributed by atoms with Crippen molar-refractivity contribution in [3.63, 3.8) is 0 Å². The minimum absolute atomic E-state index is 0.388. The van der Waals surface area contributed by atoms with Crippen molar-refractivity contribution in [2.24, 2.45) is 5.73 Å². The maximum Gasteiger partial charge on any atom is 0.120 e. The third kappa shape index (κ3) is 3.19. The lowest BCUT2D eigenvalue weighted by Crippen LogP contribution is -2.19. The molecule has 0 atom stereocenters. The molecule has 92 valence electrons. The minimum Gasteiger partial charge on any atom is -0.490 e. The highest BCUT2D eigenvalue weighted by Gasteiger charge is 2.15. The molecule has 0 unspecified atom stereocenters. The first-order chi connectivity index (χ1) is 8.16. The molecule has 0 radical (unpaired) electrons. The predicted octanol–water partition coefficient (Wildman–Crippen LogP) is 3.34. The van der Waals surface area contributed by atoms with Crippen LogP contribution in [0.15, 0.2) is 18.2 Å². The van der Waals surface area contributed by atoms with E-state index < -0.39 is 0 Å². The van der Waals surface area contributed by atoms with Crippen LogP contribution < -0.4 is 10.5 Å². The molecule has 3 heteroatoms. The largest absolute Gasteiger partial charge is 0.490 e. The third-order valence-corrected chi connectivity index (χ3v) is 3.54. The van der Waals surface area contributed by atoms with Crippen molar-refractivity contribution < 1.29 is 4.74 Å². The fourth-order valence-electron chi connectivity index (χ4n) is 2.36. The fraction of sp³-hybridized carbons (Fsp3) is 0.500. The molecule has 0 saturated heterocycles. The normalized spacial score (nSPS) is 16.8. The summed E-state index contributed by atoms with van der Waals surface area (Å²) in [6, 6.07) is 5.95. The minimum atomic E-state index is 0.388. The third-order valence-electron chi connectivity index (χ3n) is 3.32. The summed E-state index contributed by atoms with van der Waals surface area (Å²) < 4.78 is 5.99. The molecular formula is C14H19NOS. The van der Waals surface area contributed by atoms with E-state index in [0.717, 1.165) is 16.9 Å². The second kappa shape index (κ2) is 5.50. The second-order valence-electron chi connectivity index (χ2n) is 4.72. The van der Waals surface area contributed by atoms with Crippen LogP contribution in [0.4, 0.5) is 0 Å². The van der Waals surface area contributed by atoms with Gasteiger partial charge in [-0.3, -0.25) is 0 Å². The van der Waals surface area contributed by atoms with Gasteiger partial charge in [0.05, 0.1) is 6.10 Å². The van der Waals surface area contributed by atoms with Crippen molar-refractivity contribution in [1.82, 2.24) is 0 Å². The molecule has 1 fully saturated rings. The van der Waals surface area contributed by atoms with E-state index >= 15 is 0 Å². The van der Waals surface area contributed by atoms with Gasteiger partial charge in [0.2, 0.25) is 0 Å². The molecule has 1 aromatic rings. The van der Waals surface area contributed by atoms with E-state index in [9.17, 15) is 0 Å². The second-order valence-corrected chi connectivity index (χ2v) is 5.16. The topological polar surface area (TPSA) is 35.2 Å². The van der Waals surface area contributed by atoms with E-state index in [1.807, 2.05) is 25.1 Å². The molecule has 0 bridgehead atoms. The zero-order chi connectivity index (χ0) is 12.3. The van der Waals surface area contributed by atoms with E-state index in [1.54, 1.807) is 0 Å². The molecule has 1 saturated carbocycles. The number of ether oxygens (including phenoxy) is 1. The van der Waals surface area contributed by atoms with Gasteiger partial charge in [0, 0.05) is 5.56 Å². The van der Waals surface area contributed by atoms with E-state index in [2.05, 4.69) is 0 Å². The van der Waals surface area contributed by atoms with Crippen LogP contribution in [-0.4, -0.2) is 11.1 Å². The number of aryl methyl sites for hydroxylation is 1. The molecule has 0 spiro atoms. The summed E-state index contributed by atoms with van der Waals surface area (Å²) in [5, 5.41) is 0. The van der Waals surface area contributed by atoms with Gasteiger partial charge in [0.1, 0.15) is 10.7 Å². The SMILES string of the molecule is Cc1cc(OC2CCCCC2)ccc1C(N)=S. The molecule has 1 aromatic carbocycles. The summed E-state index contributed by atoms with van der Waals surface area (Å²) in [6.45, 7) is 2.02. The Labute approximate surface area is 108 Å². The molecule has 0 amide bonds. The quantitative estimate of drug-likeness (QED) is 0.834. The average molecular weight is 249 g/mol. The van der Waals surface area contributed by atoms with Gasteiger partial charge in [0.25, 0.3) is 0 Å². The highest BCUT2D eigenvalue weighted by molar-refractivity contribution is 7.80. The Bertz CT molecular complexity index is 411. The first-order valence-electron chi connectivity index (χ1n) is 6.24. The summed E-state index contributed by atoms with van der Waals surface area (Å²) in [6.07, 6.45) is 6.66. The van der Waals surface area contributed by atoms with Gasteiger partial charge in [0.15, 0.2) is 0 Å². The lowest BCUT2D eigenvalue weighted by Gasteiger charge is -2.23. The number of nitrogens with two attached hydrogens (primary N) is 1. The Morgan fingerprint density at radius 1 is 1.29 bits per heavy atom. The molecule has 2 rings (SSSR count). The standard InChI is InChI=1S/C14H19NOS/c1-10-9-12(7-8-13(10)14(15)17)16-11-5-3-2-4-6-11/h7-9,11H,2-6H2,1H3,(H2,15,17). The van der Waals surface area contributed by atoms with Gasteiger partial charge in [-0.25, -0.2) is 0 Å². The van der Waals surface area contributed by atoms with Crippen LogP contribution in [0.1, 0.15) is 43.2 Å². The lowest BCUT2D eigenvalue weighted by molar-refractivity contribution is 0.155. The van der Waals surface area contributed by atoms with Crippen molar-refractivity contribution in [3.8, 4) is 5.75 Å². The molecule has 0 aliphatic heterocycles. The first kappa shape index (κ1) is 12.4. The van der Waals surface area contributed by atoms with Crippen LogP contribution in [0, 0.1) is 6.92 Å². The zero-order valence-corrected chi connectivity index (χ0v) is 11.1. The fourth-order valence-corrected chi connectivity index (χ4v) is 2.59. The van der Waals surface area contributed by atoms with E-state index in [4.69, 9.17) is 22.7 Å². The molecule has 1 aliphatic carbocycles. The van der Waals surface area contributed by atoms with E-state index in [-0.39, 0.29) is 0 Å². The average Bonchev–Trinajstić information content (AvgIpc) is 2.30. The molecule has 2 nitrogen and oxygen atoms in total. The van der Waals surface area contributed by atoms with Gasteiger partial charge < -0.3 is 10.5 Å². The van der Waals surface area contributed by atoms with Crippen molar-refractivity contribution in [3.05, 3.63) is 29.3 Å². The Morgan fingerprint density at radius 3 is 2.59 bits per heavy atom. The van der Waals surface area contributed by atoms with Crippen LogP contribution >= 0.6 is 12.2 Å². The molecule has 17 heavy (non-hydrogen) atoms. The number of thiocarbonyl (C=S) groups is 1. The van der Waals surface area contributed by atoms with Gasteiger partial charge in [-0.15, -0.1) is 0 Å². The van der Waals surface area contributed by atoms with Crippen molar-refractivity contribution in [2.45, 2.75) is 45.1 Å². The lowest BCUT2D eigenvalue weighted by atomic mass is 9.98. The van der Waals surface area contributed by atoms with Crippen molar-refractivity contribution >= 4 is 17.2 Å². The number of hydrogen-bond acceptors (Lipinski definition) is 2. The number of benzene rings is 1. The number of rotatable bonds is 3. The van der Waals surface area contributed by atoms with Crippen LogP contribution in [0.5, 0.6) is 5.75 Å². The predicted molar refractivity (Wildman–Crippen MR) is 74.6 cm³/mol. The summed E-state index contributed by atoms with van der Waals surface area (Å²) >= 11 is 4.99. The van der Waals surface area contributed by atoms with Crippen LogP contribution in [0.25, 0.3) is 0 Å². The van der Waals surface area contributed by atoms with Gasteiger partial charge >= 0.3 is 0 Å². The van der Waals surface area contributed by atoms with E-state index in [0.29, 0.717) is 11.1 Å².